The van der Waals surface area contributed by atoms with Gasteiger partial charge in [0.1, 0.15) is 11.6 Å². The van der Waals surface area contributed by atoms with Gasteiger partial charge in [-0.25, -0.2) is 10.8 Å². The van der Waals surface area contributed by atoms with Crippen molar-refractivity contribution in [1.82, 2.24) is 4.98 Å². The molecular weight excluding hydrogens is 262 g/mol. The summed E-state index contributed by atoms with van der Waals surface area (Å²) < 4.78 is 0. The number of nitrogens with two attached hydrogens (primary N) is 1. The van der Waals surface area contributed by atoms with Crippen LogP contribution in [-0.4, -0.2) is 28.2 Å². The molecular formula is C12H21N5O3. The highest BCUT2D eigenvalue weighted by molar-refractivity contribution is 5.54. The molecule has 0 aliphatic heterocycles. The Morgan fingerprint density at radius 3 is 2.65 bits per heavy atom. The van der Waals surface area contributed by atoms with Crippen molar-refractivity contribution in [2.75, 3.05) is 23.9 Å². The number of nitrogens with zero attached hydrogens (tertiary/aromatic N) is 2. The number of hydrazine groups is 1. The monoisotopic (exact) mass is 283 g/mol. The third kappa shape index (κ3) is 4.98. The maximum atomic E-state index is 10.8. The van der Waals surface area contributed by atoms with E-state index in [1.807, 2.05) is 0 Å². The molecule has 0 bridgehead atoms. The first kappa shape index (κ1) is 16.1. The van der Waals surface area contributed by atoms with Gasteiger partial charge in [0, 0.05) is 13.2 Å². The van der Waals surface area contributed by atoms with Crippen molar-refractivity contribution in [3.8, 4) is 0 Å². The molecule has 1 aromatic rings. The molecule has 0 spiro atoms. The van der Waals surface area contributed by atoms with Crippen LogP contribution < -0.4 is 16.6 Å². The molecule has 0 amide bonds. The number of anilines is 2. The Balaban J connectivity index is 2.76. The van der Waals surface area contributed by atoms with Crippen LogP contribution in [0.1, 0.15) is 26.7 Å². The fourth-order valence-electron chi connectivity index (χ4n) is 1.76. The molecule has 0 atom stereocenters. The molecule has 0 aromatic carbocycles. The van der Waals surface area contributed by atoms with Gasteiger partial charge in [0.25, 0.3) is 5.69 Å². The molecule has 0 radical (unpaired) electrons. The fraction of sp³-hybridized carbons (Fsp3) is 0.583. The number of hydrogen-bond acceptors (Lipinski definition) is 7. The zero-order valence-corrected chi connectivity index (χ0v) is 11.7. The smallest absolute Gasteiger partial charge is 0.276 e. The average Bonchev–Trinajstić information content (AvgIpc) is 2.42. The van der Waals surface area contributed by atoms with E-state index in [0.29, 0.717) is 18.8 Å². The molecule has 0 unspecified atom stereocenters. The third-order valence-electron chi connectivity index (χ3n) is 2.93. The lowest BCUT2D eigenvalue weighted by Gasteiger charge is -2.25. The van der Waals surface area contributed by atoms with Crippen LogP contribution in [0.2, 0.25) is 0 Å². The maximum Gasteiger partial charge on any atom is 0.276 e. The lowest BCUT2D eigenvalue weighted by molar-refractivity contribution is -0.384. The van der Waals surface area contributed by atoms with E-state index in [1.165, 1.54) is 12.1 Å². The molecule has 0 saturated heterocycles. The second-order valence-electron chi connectivity index (χ2n) is 5.34. The van der Waals surface area contributed by atoms with Crippen LogP contribution in [0, 0.1) is 15.5 Å². The van der Waals surface area contributed by atoms with Gasteiger partial charge in [-0.2, -0.15) is 0 Å². The molecule has 8 nitrogen and oxygen atoms in total. The summed E-state index contributed by atoms with van der Waals surface area (Å²) in [6.45, 7) is 4.84. The van der Waals surface area contributed by atoms with Gasteiger partial charge >= 0.3 is 0 Å². The second-order valence-corrected chi connectivity index (χ2v) is 5.34. The van der Waals surface area contributed by atoms with Crippen LogP contribution in [0.15, 0.2) is 12.1 Å². The zero-order chi connectivity index (χ0) is 15.2. The number of hydrogen-bond donors (Lipinski definition) is 4. The Bertz CT molecular complexity index is 464. The highest BCUT2D eigenvalue weighted by Gasteiger charge is 2.18. The number of aliphatic hydroxyl groups is 1. The van der Waals surface area contributed by atoms with Crippen molar-refractivity contribution in [2.24, 2.45) is 11.3 Å². The number of rotatable bonds is 8. The number of aliphatic hydroxyl groups excluding tert-OH is 1. The SMILES string of the molecule is CC(C)(CCCO)CNc1cc([N+](=O)[O-])cc(NN)n1. The highest BCUT2D eigenvalue weighted by Crippen LogP contribution is 2.24. The Hall–Kier alpha value is -1.93. The van der Waals surface area contributed by atoms with Crippen molar-refractivity contribution in [3.05, 3.63) is 22.2 Å². The molecule has 5 N–H and O–H groups in total. The number of nitrogens with one attached hydrogen (secondary N) is 2. The fourth-order valence-corrected chi connectivity index (χ4v) is 1.76. The summed E-state index contributed by atoms with van der Waals surface area (Å²) in [5.74, 6) is 5.87. The number of pyridine rings is 1. The van der Waals surface area contributed by atoms with Crippen molar-refractivity contribution < 1.29 is 10.0 Å². The van der Waals surface area contributed by atoms with Crippen molar-refractivity contribution >= 4 is 17.3 Å². The number of aromatic nitrogens is 1. The lowest BCUT2D eigenvalue weighted by atomic mass is 9.88. The molecule has 1 rings (SSSR count). The topological polar surface area (TPSA) is 126 Å². The van der Waals surface area contributed by atoms with Gasteiger partial charge in [0.15, 0.2) is 0 Å². The van der Waals surface area contributed by atoms with E-state index in [4.69, 9.17) is 10.9 Å². The molecule has 8 heteroatoms. The second kappa shape index (κ2) is 7.01. The van der Waals surface area contributed by atoms with E-state index < -0.39 is 4.92 Å². The molecule has 0 fully saturated rings. The highest BCUT2D eigenvalue weighted by atomic mass is 16.6. The summed E-state index contributed by atoms with van der Waals surface area (Å²) in [7, 11) is 0. The largest absolute Gasteiger partial charge is 0.396 e. The summed E-state index contributed by atoms with van der Waals surface area (Å²) in [5, 5.41) is 22.7. The summed E-state index contributed by atoms with van der Waals surface area (Å²) in [4.78, 5) is 14.4. The normalized spacial score (nSPS) is 11.2. The summed E-state index contributed by atoms with van der Waals surface area (Å²) in [6, 6.07) is 2.63. The predicted molar refractivity (Wildman–Crippen MR) is 77.3 cm³/mol. The minimum Gasteiger partial charge on any atom is -0.396 e. The Kier molecular flexibility index (Phi) is 5.66. The summed E-state index contributed by atoms with van der Waals surface area (Å²) in [5.41, 5.74) is 2.18. The zero-order valence-electron chi connectivity index (χ0n) is 11.7. The summed E-state index contributed by atoms with van der Waals surface area (Å²) in [6.07, 6.45) is 1.56. The average molecular weight is 283 g/mol. The Labute approximate surface area is 117 Å². The molecule has 1 aromatic heterocycles. The first-order valence-corrected chi connectivity index (χ1v) is 6.36. The van der Waals surface area contributed by atoms with E-state index in [9.17, 15) is 10.1 Å². The van der Waals surface area contributed by atoms with Crippen molar-refractivity contribution in [3.63, 3.8) is 0 Å². The standard InChI is InChI=1S/C12H21N5O3/c1-12(2,4-3-5-18)8-14-10-6-9(17(19)20)7-11(15-10)16-13/h6-7,18H,3-5,8,13H2,1-2H3,(H2,14,15,16). The van der Waals surface area contributed by atoms with Crippen LogP contribution >= 0.6 is 0 Å². The molecule has 112 valence electrons. The van der Waals surface area contributed by atoms with Gasteiger partial charge in [-0.15, -0.1) is 0 Å². The van der Waals surface area contributed by atoms with Gasteiger partial charge < -0.3 is 15.8 Å². The molecule has 0 aliphatic carbocycles. The van der Waals surface area contributed by atoms with Crippen molar-refractivity contribution in [1.29, 1.82) is 0 Å². The van der Waals surface area contributed by atoms with Gasteiger partial charge in [0.05, 0.1) is 17.1 Å². The molecule has 0 saturated carbocycles. The van der Waals surface area contributed by atoms with E-state index in [-0.39, 0.29) is 23.5 Å². The minimum absolute atomic E-state index is 0.0503. The van der Waals surface area contributed by atoms with Gasteiger partial charge in [-0.05, 0) is 18.3 Å². The van der Waals surface area contributed by atoms with Crippen LogP contribution in [-0.2, 0) is 0 Å². The van der Waals surface area contributed by atoms with E-state index in [2.05, 4.69) is 29.6 Å². The van der Waals surface area contributed by atoms with E-state index >= 15 is 0 Å². The van der Waals surface area contributed by atoms with E-state index in [1.54, 1.807) is 0 Å². The number of nitro groups is 1. The van der Waals surface area contributed by atoms with Gasteiger partial charge in [-0.1, -0.05) is 13.8 Å². The maximum absolute atomic E-state index is 10.8. The Morgan fingerprint density at radius 2 is 2.10 bits per heavy atom. The van der Waals surface area contributed by atoms with Crippen LogP contribution in [0.3, 0.4) is 0 Å². The molecule has 20 heavy (non-hydrogen) atoms. The Morgan fingerprint density at radius 1 is 1.45 bits per heavy atom. The summed E-state index contributed by atoms with van der Waals surface area (Å²) >= 11 is 0. The quantitative estimate of drug-likeness (QED) is 0.323. The first-order valence-electron chi connectivity index (χ1n) is 6.36. The molecule has 0 aliphatic rings. The van der Waals surface area contributed by atoms with Gasteiger partial charge in [0.2, 0.25) is 0 Å². The number of nitrogen functional groups attached to an aromatic ring is 1. The third-order valence-corrected chi connectivity index (χ3v) is 2.93. The van der Waals surface area contributed by atoms with Gasteiger partial charge in [-0.3, -0.25) is 10.1 Å². The predicted octanol–water partition coefficient (Wildman–Crippen LogP) is 1.49. The van der Waals surface area contributed by atoms with Crippen molar-refractivity contribution in [2.45, 2.75) is 26.7 Å². The minimum atomic E-state index is -0.495. The van der Waals surface area contributed by atoms with Crippen LogP contribution in [0.25, 0.3) is 0 Å². The van der Waals surface area contributed by atoms with E-state index in [0.717, 1.165) is 6.42 Å². The lowest BCUT2D eigenvalue weighted by Crippen LogP contribution is -2.24. The van der Waals surface area contributed by atoms with Crippen LogP contribution in [0.5, 0.6) is 0 Å². The molecule has 1 heterocycles. The van der Waals surface area contributed by atoms with Crippen LogP contribution in [0.4, 0.5) is 17.3 Å². The first-order chi connectivity index (χ1) is 9.38.